The third kappa shape index (κ3) is 13.9. The van der Waals surface area contributed by atoms with Gasteiger partial charge in [-0.25, -0.2) is 0 Å². The molecule has 2 aromatic heterocycles. The molecule has 14 heteroatoms. The molecule has 0 unspecified atom stereocenters. The summed E-state index contributed by atoms with van der Waals surface area (Å²) in [5.41, 5.74) is 25.0. The van der Waals surface area contributed by atoms with Gasteiger partial charge in [0.05, 0.1) is 32.0 Å². The molecule has 8 rings (SSSR count). The van der Waals surface area contributed by atoms with Gasteiger partial charge in [-0.2, -0.15) is 0 Å². The number of nitrogens with two attached hydrogens (primary N) is 2. The number of carbonyl (C=O) groups is 2. The molecule has 0 fully saturated rings. The average Bonchev–Trinajstić information content (AvgIpc) is 4.07. The van der Waals surface area contributed by atoms with Crippen LogP contribution in [0.5, 0.6) is 11.5 Å². The van der Waals surface area contributed by atoms with Gasteiger partial charge in [-0.1, -0.05) is 48.5 Å². The molecule has 0 saturated carbocycles. The summed E-state index contributed by atoms with van der Waals surface area (Å²) in [7, 11) is 0. The maximum Gasteiger partial charge on any atom is 1.00 e. The number of furan rings is 2. The molecule has 8 aromatic rings. The zero-order chi connectivity index (χ0) is 49.6. The van der Waals surface area contributed by atoms with Crippen LogP contribution in [0.4, 0.5) is 11.4 Å². The second-order valence-electron chi connectivity index (χ2n) is 16.8. The number of nitrogens with zero attached hydrogens (tertiary/aromatic N) is 2. The Morgan fingerprint density at radius 1 is 0.556 bits per heavy atom. The number of carboxylic acid groups (broad SMARTS) is 1. The van der Waals surface area contributed by atoms with E-state index < -0.39 is 5.97 Å². The number of rotatable bonds is 21. The Hall–Kier alpha value is -6.98. The minimum atomic E-state index is -0.887. The standard InChI is InChI=1S/C30H34N2O4.C28H30N2O4.Li.H2O/c1-4-32(5-2)26-11-10-24(17-29(33)34-6-3)28(18-26)36-20-22-15-25-12-13-35-30(25)27(16-22)23-9-7-8-21(14-23)19-31;1-3-30(4-2)24-9-8-22(15-27(31)32)26(16-24)34-18-20-13-23-10-11-33-28(23)25(14-20)21-7-5-6-19(12-21)17-29;;/h7-16,18H,4-6,17,19-20,31H2,1-3H3;5-14,16H,3-4,15,17-18,29H2,1-2H3,(H,31,32);;1H2/q;;+1;/p-1. The minimum absolute atomic E-state index is 0. The fourth-order valence-electron chi connectivity index (χ4n) is 8.69. The van der Waals surface area contributed by atoms with Crippen LogP contribution in [0.3, 0.4) is 0 Å². The molecular formula is C58H65LiN4O9. The third-order valence-electron chi connectivity index (χ3n) is 12.3. The maximum atomic E-state index is 12.2. The van der Waals surface area contributed by atoms with Crippen LogP contribution in [0.2, 0.25) is 0 Å². The summed E-state index contributed by atoms with van der Waals surface area (Å²) in [6, 6.07) is 40.2. The number of fused-ring (bicyclic) bond motifs is 2. The van der Waals surface area contributed by atoms with Crippen LogP contribution in [0.15, 0.2) is 143 Å². The Kier molecular flexibility index (Phi) is 21.0. The number of benzene rings is 6. The van der Waals surface area contributed by atoms with Crippen molar-refractivity contribution in [2.45, 2.75) is 73.8 Å². The molecule has 72 heavy (non-hydrogen) atoms. The van der Waals surface area contributed by atoms with Gasteiger partial charge in [0.2, 0.25) is 0 Å². The van der Waals surface area contributed by atoms with Crippen LogP contribution in [0.25, 0.3) is 44.2 Å². The van der Waals surface area contributed by atoms with Crippen molar-refractivity contribution in [3.8, 4) is 33.8 Å². The fourth-order valence-corrected chi connectivity index (χ4v) is 8.69. The molecule has 6 N–H and O–H groups in total. The van der Waals surface area contributed by atoms with Crippen LogP contribution >= 0.6 is 0 Å². The summed E-state index contributed by atoms with van der Waals surface area (Å²) in [5, 5.41) is 11.4. The molecule has 0 saturated heterocycles. The van der Waals surface area contributed by atoms with Gasteiger partial charge in [-0.15, -0.1) is 0 Å². The summed E-state index contributed by atoms with van der Waals surface area (Å²) in [6.07, 6.45) is 3.46. The minimum Gasteiger partial charge on any atom is -0.870 e. The fraction of sp³-hybridized carbons (Fsp3) is 0.276. The largest absolute Gasteiger partial charge is 1.00 e. The van der Waals surface area contributed by atoms with E-state index >= 15 is 0 Å². The number of aliphatic carboxylic acids is 1. The van der Waals surface area contributed by atoms with Gasteiger partial charge < -0.3 is 54.9 Å². The van der Waals surface area contributed by atoms with Crippen molar-refractivity contribution >= 4 is 45.3 Å². The number of ether oxygens (including phenoxy) is 3. The predicted molar refractivity (Wildman–Crippen MR) is 281 cm³/mol. The average molecular weight is 969 g/mol. The number of carbonyl (C=O) groups excluding carboxylic acids is 1. The molecule has 0 aliphatic heterocycles. The third-order valence-corrected chi connectivity index (χ3v) is 12.3. The normalized spacial score (nSPS) is 10.7. The topological polar surface area (TPSA) is 197 Å². The monoisotopic (exact) mass is 968 g/mol. The van der Waals surface area contributed by atoms with E-state index in [4.69, 9.17) is 34.5 Å². The summed E-state index contributed by atoms with van der Waals surface area (Å²) in [4.78, 5) is 28.1. The molecule has 0 spiro atoms. The van der Waals surface area contributed by atoms with Crippen LogP contribution in [0, 0.1) is 0 Å². The van der Waals surface area contributed by atoms with Gasteiger partial charge in [0, 0.05) is 95.8 Å². The first-order valence-electron chi connectivity index (χ1n) is 24.1. The summed E-state index contributed by atoms with van der Waals surface area (Å²) < 4.78 is 29.4. The first-order valence-corrected chi connectivity index (χ1v) is 24.1. The van der Waals surface area contributed by atoms with Gasteiger partial charge in [0.1, 0.15) is 35.9 Å². The second kappa shape index (κ2) is 27.0. The van der Waals surface area contributed by atoms with E-state index in [2.05, 4.69) is 73.9 Å². The Morgan fingerprint density at radius 3 is 1.40 bits per heavy atom. The van der Waals surface area contributed by atoms with Crippen molar-refractivity contribution in [1.82, 2.24) is 0 Å². The van der Waals surface area contributed by atoms with E-state index in [9.17, 15) is 14.7 Å². The zero-order valence-corrected chi connectivity index (χ0v) is 42.3. The Bertz CT molecular complexity index is 3030. The van der Waals surface area contributed by atoms with E-state index in [1.54, 1.807) is 12.5 Å². The second-order valence-corrected chi connectivity index (χ2v) is 16.8. The van der Waals surface area contributed by atoms with Crippen molar-refractivity contribution < 1.29 is 62.1 Å². The number of esters is 1. The maximum absolute atomic E-state index is 12.2. The smallest absolute Gasteiger partial charge is 0.870 e. The van der Waals surface area contributed by atoms with Crippen molar-refractivity contribution in [3.05, 3.63) is 167 Å². The van der Waals surface area contributed by atoms with E-state index in [-0.39, 0.29) is 43.1 Å². The van der Waals surface area contributed by atoms with Crippen LogP contribution in [0.1, 0.15) is 68.0 Å². The van der Waals surface area contributed by atoms with Gasteiger partial charge in [-0.3, -0.25) is 9.59 Å². The van der Waals surface area contributed by atoms with E-state index in [1.165, 1.54) is 0 Å². The van der Waals surface area contributed by atoms with Crippen LogP contribution in [-0.2, 0) is 53.5 Å². The Labute approximate surface area is 434 Å². The number of hydrogen-bond acceptors (Lipinski definition) is 12. The molecule has 2 heterocycles. The van der Waals surface area contributed by atoms with Gasteiger partial charge in [0.15, 0.2) is 0 Å². The molecule has 0 radical (unpaired) electrons. The first kappa shape index (κ1) is 55.9. The number of hydrogen-bond donors (Lipinski definition) is 3. The predicted octanol–water partition coefficient (Wildman–Crippen LogP) is 8.53. The number of anilines is 2. The molecule has 6 aromatic carbocycles. The molecule has 0 aliphatic rings. The number of carboxylic acids is 1. The quantitative estimate of drug-likeness (QED) is 0.0458. The van der Waals surface area contributed by atoms with Gasteiger partial charge >= 0.3 is 30.8 Å². The first-order chi connectivity index (χ1) is 34.1. The Balaban J connectivity index is 0.000000261. The van der Waals surface area contributed by atoms with Crippen molar-refractivity contribution in [1.29, 1.82) is 0 Å². The summed E-state index contributed by atoms with van der Waals surface area (Å²) in [5.74, 6) is 0.124. The molecule has 0 aliphatic carbocycles. The van der Waals surface area contributed by atoms with Gasteiger partial charge in [0.25, 0.3) is 0 Å². The van der Waals surface area contributed by atoms with Crippen molar-refractivity contribution in [2.75, 3.05) is 42.6 Å². The molecule has 372 valence electrons. The molecule has 0 bridgehead atoms. The summed E-state index contributed by atoms with van der Waals surface area (Å²) >= 11 is 0. The van der Waals surface area contributed by atoms with E-state index in [1.807, 2.05) is 91.9 Å². The van der Waals surface area contributed by atoms with Gasteiger partial charge in [-0.05, 0) is 129 Å². The SMILES string of the molecule is CCN(CC)c1ccc(CC(=O)O)c(OCc2cc(-c3cccc(CN)c3)c3occc3c2)c1.CCOC(=O)Cc1ccc(N(CC)CC)cc1OCc1cc(-c2cccc(CN)c2)c2occc2c1.[Li+].[OH-]. The van der Waals surface area contributed by atoms with Crippen molar-refractivity contribution in [3.63, 3.8) is 0 Å². The van der Waals surface area contributed by atoms with Crippen LogP contribution in [-0.4, -0.2) is 55.3 Å². The zero-order valence-electron chi connectivity index (χ0n) is 42.3. The molecular weight excluding hydrogens is 904 g/mol. The van der Waals surface area contributed by atoms with Crippen LogP contribution < -0.4 is 49.6 Å². The summed E-state index contributed by atoms with van der Waals surface area (Å²) in [6.45, 7) is 15.7. The molecule has 0 amide bonds. The van der Waals surface area contributed by atoms with E-state index in [0.717, 1.165) is 110 Å². The van der Waals surface area contributed by atoms with Crippen molar-refractivity contribution in [2.24, 2.45) is 11.5 Å². The Morgan fingerprint density at radius 2 is 1.00 bits per heavy atom. The molecule has 13 nitrogen and oxygen atoms in total. The molecule has 0 atom stereocenters. The van der Waals surface area contributed by atoms with E-state index in [0.29, 0.717) is 50.0 Å².